The van der Waals surface area contributed by atoms with E-state index in [-0.39, 0.29) is 11.4 Å². The van der Waals surface area contributed by atoms with Crippen molar-refractivity contribution in [1.82, 2.24) is 4.98 Å². The number of aryl methyl sites for hydroxylation is 1. The Balaban J connectivity index is 1.42. The predicted molar refractivity (Wildman–Crippen MR) is 125 cm³/mol. The van der Waals surface area contributed by atoms with Crippen LogP contribution in [0.2, 0.25) is 0 Å². The van der Waals surface area contributed by atoms with E-state index >= 15 is 0 Å². The molecular formula is C26H20F3N3O3. The van der Waals surface area contributed by atoms with Crippen LogP contribution in [0.1, 0.15) is 45.8 Å². The number of halogens is 3. The highest BCUT2D eigenvalue weighted by molar-refractivity contribution is 6.06. The van der Waals surface area contributed by atoms with Gasteiger partial charge in [0.2, 0.25) is 5.76 Å². The van der Waals surface area contributed by atoms with Crippen molar-refractivity contribution >= 4 is 28.3 Å². The molecule has 6 nitrogen and oxygen atoms in total. The standard InChI is InChI=1S/C26H20F3N3O3/c1-15-22-19(32-31-18-9-3-8-17(14-18)26(27,28)29)10-4-11-20(22)34-24(15)25(33)35-21-12-2-6-16-7-5-13-30-23(16)21/h2-3,5-9,12-14,31H,4,10-11H2,1H3/b32-19+. The number of alkyl halides is 3. The van der Waals surface area contributed by atoms with E-state index in [1.807, 2.05) is 12.1 Å². The summed E-state index contributed by atoms with van der Waals surface area (Å²) in [7, 11) is 0. The van der Waals surface area contributed by atoms with Gasteiger partial charge in [0.25, 0.3) is 0 Å². The molecule has 2 heterocycles. The van der Waals surface area contributed by atoms with Gasteiger partial charge in [-0.05, 0) is 50.1 Å². The molecule has 5 rings (SSSR count). The number of furan rings is 1. The lowest BCUT2D eigenvalue weighted by atomic mass is 9.93. The van der Waals surface area contributed by atoms with Crippen molar-refractivity contribution in [1.29, 1.82) is 0 Å². The fourth-order valence-corrected chi connectivity index (χ4v) is 4.18. The van der Waals surface area contributed by atoms with Crippen LogP contribution in [0.4, 0.5) is 18.9 Å². The Morgan fingerprint density at radius 1 is 1.11 bits per heavy atom. The van der Waals surface area contributed by atoms with Crippen LogP contribution in [0, 0.1) is 6.92 Å². The van der Waals surface area contributed by atoms with E-state index < -0.39 is 17.7 Å². The molecule has 0 unspecified atom stereocenters. The number of esters is 1. The molecule has 1 aliphatic rings. The maximum Gasteiger partial charge on any atom is 0.416 e. The monoisotopic (exact) mass is 479 g/mol. The quantitative estimate of drug-likeness (QED) is 0.205. The van der Waals surface area contributed by atoms with Crippen LogP contribution >= 0.6 is 0 Å². The Hall–Kier alpha value is -4.14. The number of carbonyl (C=O) groups is 1. The van der Waals surface area contributed by atoms with Gasteiger partial charge in [-0.1, -0.05) is 24.3 Å². The number of rotatable bonds is 4. The fourth-order valence-electron chi connectivity index (χ4n) is 4.18. The minimum absolute atomic E-state index is 0.0663. The van der Waals surface area contributed by atoms with Crippen LogP contribution in [0.3, 0.4) is 0 Å². The molecule has 0 radical (unpaired) electrons. The number of pyridine rings is 1. The van der Waals surface area contributed by atoms with E-state index in [2.05, 4.69) is 15.5 Å². The number of hydrogen-bond donors (Lipinski definition) is 1. The second-order valence-corrected chi connectivity index (χ2v) is 8.18. The maximum absolute atomic E-state index is 13.0. The molecule has 178 valence electrons. The summed E-state index contributed by atoms with van der Waals surface area (Å²) >= 11 is 0. The molecular weight excluding hydrogens is 459 g/mol. The van der Waals surface area contributed by atoms with E-state index in [0.717, 1.165) is 23.9 Å². The number of hydrazone groups is 1. The summed E-state index contributed by atoms with van der Waals surface area (Å²) in [4.78, 5) is 17.3. The first-order valence-corrected chi connectivity index (χ1v) is 11.0. The number of anilines is 1. The topological polar surface area (TPSA) is 76.7 Å². The van der Waals surface area contributed by atoms with Crippen molar-refractivity contribution in [3.63, 3.8) is 0 Å². The summed E-state index contributed by atoms with van der Waals surface area (Å²) in [6, 6.07) is 13.8. The second kappa shape index (κ2) is 8.90. The van der Waals surface area contributed by atoms with Gasteiger partial charge in [0.05, 0.1) is 17.0 Å². The Kier molecular flexibility index (Phi) is 5.76. The Morgan fingerprint density at radius 3 is 2.74 bits per heavy atom. The van der Waals surface area contributed by atoms with Crippen molar-refractivity contribution in [2.24, 2.45) is 5.10 Å². The maximum atomic E-state index is 13.0. The van der Waals surface area contributed by atoms with E-state index in [4.69, 9.17) is 9.15 Å². The number of nitrogens with zero attached hydrogens (tertiary/aromatic N) is 2. The number of fused-ring (bicyclic) bond motifs is 2. The van der Waals surface area contributed by atoms with Gasteiger partial charge < -0.3 is 9.15 Å². The molecule has 0 aliphatic heterocycles. The molecule has 0 saturated heterocycles. The highest BCUT2D eigenvalue weighted by atomic mass is 19.4. The average molecular weight is 479 g/mol. The third-order valence-electron chi connectivity index (χ3n) is 5.82. The third kappa shape index (κ3) is 4.49. The van der Waals surface area contributed by atoms with Crippen molar-refractivity contribution in [2.75, 3.05) is 5.43 Å². The number of aromatic nitrogens is 1. The predicted octanol–water partition coefficient (Wildman–Crippen LogP) is 6.53. The Morgan fingerprint density at radius 2 is 1.91 bits per heavy atom. The van der Waals surface area contributed by atoms with Crippen molar-refractivity contribution in [2.45, 2.75) is 32.4 Å². The summed E-state index contributed by atoms with van der Waals surface area (Å²) in [6.45, 7) is 1.74. The number of carbonyl (C=O) groups excluding carboxylic acids is 1. The largest absolute Gasteiger partial charge is 0.453 e. The Bertz CT molecular complexity index is 1450. The smallest absolute Gasteiger partial charge is 0.416 e. The van der Waals surface area contributed by atoms with Crippen LogP contribution in [0.5, 0.6) is 5.75 Å². The first kappa shape index (κ1) is 22.6. The van der Waals surface area contributed by atoms with E-state index in [1.54, 1.807) is 31.3 Å². The fraction of sp³-hybridized carbons (Fsp3) is 0.192. The third-order valence-corrected chi connectivity index (χ3v) is 5.82. The molecule has 0 fully saturated rings. The number of ether oxygens (including phenoxy) is 1. The molecule has 4 aromatic rings. The summed E-state index contributed by atoms with van der Waals surface area (Å²) in [5.74, 6) is 0.333. The van der Waals surface area contributed by atoms with E-state index in [1.165, 1.54) is 12.1 Å². The summed E-state index contributed by atoms with van der Waals surface area (Å²) in [6.07, 6.45) is -0.900. The first-order chi connectivity index (χ1) is 16.8. The normalized spacial score (nSPS) is 14.7. The molecule has 1 N–H and O–H groups in total. The zero-order valence-corrected chi connectivity index (χ0v) is 18.6. The summed E-state index contributed by atoms with van der Waals surface area (Å²) < 4.78 is 50.5. The molecule has 2 aromatic carbocycles. The number of nitrogens with one attached hydrogen (secondary N) is 1. The minimum atomic E-state index is -4.45. The van der Waals surface area contributed by atoms with E-state index in [0.29, 0.717) is 46.7 Å². The Labute approximate surface area is 198 Å². The molecule has 0 atom stereocenters. The van der Waals surface area contributed by atoms with Crippen molar-refractivity contribution in [3.05, 3.63) is 89.0 Å². The number of hydrogen-bond acceptors (Lipinski definition) is 6. The van der Waals surface area contributed by atoms with Gasteiger partial charge in [-0.25, -0.2) is 4.79 Å². The average Bonchev–Trinajstić information content (AvgIpc) is 3.20. The van der Waals surface area contributed by atoms with Gasteiger partial charge in [-0.15, -0.1) is 0 Å². The van der Waals surface area contributed by atoms with Crippen molar-refractivity contribution < 1.29 is 27.1 Å². The van der Waals surface area contributed by atoms with Gasteiger partial charge >= 0.3 is 12.1 Å². The zero-order valence-electron chi connectivity index (χ0n) is 18.6. The van der Waals surface area contributed by atoms with Crippen LogP contribution in [0.25, 0.3) is 10.9 Å². The van der Waals surface area contributed by atoms with Crippen LogP contribution in [0.15, 0.2) is 70.3 Å². The molecule has 0 amide bonds. The summed E-state index contributed by atoms with van der Waals surface area (Å²) in [5, 5.41) is 5.19. The lowest BCUT2D eigenvalue weighted by Gasteiger charge is -2.14. The van der Waals surface area contributed by atoms with Crippen LogP contribution < -0.4 is 10.2 Å². The number of para-hydroxylation sites is 1. The van der Waals surface area contributed by atoms with Crippen LogP contribution in [-0.4, -0.2) is 16.7 Å². The molecule has 0 spiro atoms. The molecule has 1 aliphatic carbocycles. The zero-order chi connectivity index (χ0) is 24.6. The number of benzene rings is 2. The van der Waals surface area contributed by atoms with Gasteiger partial charge in [0.1, 0.15) is 11.3 Å². The van der Waals surface area contributed by atoms with Crippen molar-refractivity contribution in [3.8, 4) is 5.75 Å². The molecule has 0 saturated carbocycles. The van der Waals surface area contributed by atoms with Crippen LogP contribution in [-0.2, 0) is 12.6 Å². The molecule has 35 heavy (non-hydrogen) atoms. The molecule has 2 aromatic heterocycles. The van der Waals surface area contributed by atoms with Gasteiger partial charge in [-0.2, -0.15) is 18.3 Å². The van der Waals surface area contributed by atoms with E-state index in [9.17, 15) is 18.0 Å². The summed E-state index contributed by atoms with van der Waals surface area (Å²) in [5.41, 5.74) is 4.58. The van der Waals surface area contributed by atoms with Gasteiger partial charge in [-0.3, -0.25) is 10.4 Å². The first-order valence-electron chi connectivity index (χ1n) is 11.0. The lowest BCUT2D eigenvalue weighted by Crippen LogP contribution is -2.14. The van der Waals surface area contributed by atoms with Gasteiger partial charge in [0, 0.05) is 29.1 Å². The highest BCUT2D eigenvalue weighted by Gasteiger charge is 2.31. The molecule has 0 bridgehead atoms. The molecule has 9 heteroatoms. The van der Waals surface area contributed by atoms with Gasteiger partial charge in [0.15, 0.2) is 5.75 Å². The lowest BCUT2D eigenvalue weighted by molar-refractivity contribution is -0.137. The highest BCUT2D eigenvalue weighted by Crippen LogP contribution is 2.33. The second-order valence-electron chi connectivity index (χ2n) is 8.18. The SMILES string of the molecule is Cc1c(C(=O)Oc2cccc3cccnc23)oc2c1/C(=N/Nc1cccc(C(F)(F)F)c1)CCC2. The minimum Gasteiger partial charge on any atom is -0.453 e.